The Morgan fingerprint density at radius 2 is 1.81 bits per heavy atom. The molecule has 1 amide bonds. The van der Waals surface area contributed by atoms with Crippen molar-refractivity contribution in [3.05, 3.63) is 42.1 Å². The van der Waals surface area contributed by atoms with Gasteiger partial charge < -0.3 is 10.6 Å². The minimum atomic E-state index is -0.101. The summed E-state index contributed by atoms with van der Waals surface area (Å²) in [5.74, 6) is 1.18. The van der Waals surface area contributed by atoms with Crippen LogP contribution < -0.4 is 10.6 Å². The molecule has 5 heteroatoms. The average Bonchev–Trinajstić information content (AvgIpc) is 2.95. The number of carbonyl (C=O) groups is 1. The molecule has 26 heavy (non-hydrogen) atoms. The van der Waals surface area contributed by atoms with Crippen LogP contribution in [-0.4, -0.2) is 28.5 Å². The second kappa shape index (κ2) is 9.32. The van der Waals surface area contributed by atoms with E-state index in [1.54, 1.807) is 6.07 Å². The summed E-state index contributed by atoms with van der Waals surface area (Å²) in [5.41, 5.74) is 1.35. The molecule has 0 spiro atoms. The Bertz CT molecular complexity index is 709. The molecule has 1 aliphatic rings. The second-order valence-electron chi connectivity index (χ2n) is 6.92. The number of aromatic nitrogens is 2. The van der Waals surface area contributed by atoms with Crippen LogP contribution >= 0.6 is 0 Å². The van der Waals surface area contributed by atoms with Crippen molar-refractivity contribution in [1.29, 1.82) is 0 Å². The molecule has 0 aliphatic heterocycles. The molecular formula is C21H28N4O. The standard InChI is InChI=1S/C21H28N4O/c1-2-14-22-19-15-18(21(26)23-17-12-8-3-4-9-13-17)24-20(25-19)16-10-6-5-7-11-16/h5-7,10-11,15,17H,2-4,8-9,12-14H2,1H3,(H,23,26)(H,22,24,25). The summed E-state index contributed by atoms with van der Waals surface area (Å²) < 4.78 is 0. The van der Waals surface area contributed by atoms with E-state index in [2.05, 4.69) is 27.5 Å². The summed E-state index contributed by atoms with van der Waals surface area (Å²) in [6.07, 6.45) is 8.02. The molecule has 0 atom stereocenters. The van der Waals surface area contributed by atoms with Gasteiger partial charge in [0.05, 0.1) is 0 Å². The highest BCUT2D eigenvalue weighted by Crippen LogP contribution is 2.20. The first-order chi connectivity index (χ1) is 12.8. The van der Waals surface area contributed by atoms with Crippen LogP contribution in [0.15, 0.2) is 36.4 Å². The summed E-state index contributed by atoms with van der Waals surface area (Å²) in [5, 5.41) is 6.46. The van der Waals surface area contributed by atoms with Gasteiger partial charge in [0, 0.05) is 24.2 Å². The molecule has 138 valence electrons. The molecule has 0 unspecified atom stereocenters. The van der Waals surface area contributed by atoms with Crippen LogP contribution in [0.3, 0.4) is 0 Å². The molecule has 2 aromatic rings. The van der Waals surface area contributed by atoms with Gasteiger partial charge >= 0.3 is 0 Å². The van der Waals surface area contributed by atoms with Gasteiger partial charge in [-0.1, -0.05) is 62.9 Å². The molecule has 1 aromatic carbocycles. The summed E-state index contributed by atoms with van der Waals surface area (Å²) >= 11 is 0. The van der Waals surface area contributed by atoms with Crippen LogP contribution in [0, 0.1) is 0 Å². The number of nitrogens with one attached hydrogen (secondary N) is 2. The Labute approximate surface area is 155 Å². The topological polar surface area (TPSA) is 66.9 Å². The van der Waals surface area contributed by atoms with Crippen molar-refractivity contribution in [3.8, 4) is 11.4 Å². The summed E-state index contributed by atoms with van der Waals surface area (Å²) in [6, 6.07) is 11.8. The predicted molar refractivity (Wildman–Crippen MR) is 105 cm³/mol. The van der Waals surface area contributed by atoms with Gasteiger partial charge in [0.25, 0.3) is 5.91 Å². The van der Waals surface area contributed by atoms with Gasteiger partial charge in [0.2, 0.25) is 0 Å². The number of amides is 1. The third kappa shape index (κ3) is 5.04. The van der Waals surface area contributed by atoms with Crippen molar-refractivity contribution < 1.29 is 4.79 Å². The maximum Gasteiger partial charge on any atom is 0.270 e. The van der Waals surface area contributed by atoms with Crippen LogP contribution in [0.2, 0.25) is 0 Å². The molecule has 1 saturated carbocycles. The second-order valence-corrected chi connectivity index (χ2v) is 6.92. The Morgan fingerprint density at radius 1 is 1.08 bits per heavy atom. The lowest BCUT2D eigenvalue weighted by atomic mass is 10.1. The molecule has 1 aliphatic carbocycles. The third-order valence-electron chi connectivity index (χ3n) is 4.74. The summed E-state index contributed by atoms with van der Waals surface area (Å²) in [4.78, 5) is 21.9. The smallest absolute Gasteiger partial charge is 0.270 e. The first-order valence-electron chi connectivity index (χ1n) is 9.75. The summed E-state index contributed by atoms with van der Waals surface area (Å²) in [7, 11) is 0. The largest absolute Gasteiger partial charge is 0.370 e. The molecule has 0 radical (unpaired) electrons. The van der Waals surface area contributed by atoms with Gasteiger partial charge in [0.15, 0.2) is 5.82 Å². The fourth-order valence-corrected chi connectivity index (χ4v) is 3.31. The lowest BCUT2D eigenvalue weighted by Crippen LogP contribution is -2.35. The van der Waals surface area contributed by atoms with Crippen LogP contribution in [0.1, 0.15) is 62.4 Å². The van der Waals surface area contributed by atoms with Crippen LogP contribution in [0.25, 0.3) is 11.4 Å². The number of hydrogen-bond acceptors (Lipinski definition) is 4. The maximum absolute atomic E-state index is 12.8. The molecule has 0 saturated heterocycles. The lowest BCUT2D eigenvalue weighted by Gasteiger charge is -2.16. The van der Waals surface area contributed by atoms with E-state index in [0.29, 0.717) is 17.3 Å². The Hall–Kier alpha value is -2.43. The number of nitrogens with zero attached hydrogens (tertiary/aromatic N) is 2. The first-order valence-corrected chi connectivity index (χ1v) is 9.75. The number of rotatable bonds is 6. The van der Waals surface area contributed by atoms with E-state index in [0.717, 1.165) is 31.4 Å². The van der Waals surface area contributed by atoms with Gasteiger partial charge in [-0.3, -0.25) is 4.79 Å². The molecule has 3 rings (SSSR count). The van der Waals surface area contributed by atoms with E-state index in [4.69, 9.17) is 0 Å². The Morgan fingerprint density at radius 3 is 2.50 bits per heavy atom. The molecule has 1 heterocycles. The van der Waals surface area contributed by atoms with Crippen molar-refractivity contribution in [3.63, 3.8) is 0 Å². The van der Waals surface area contributed by atoms with Crippen LogP contribution in [0.5, 0.6) is 0 Å². The minimum Gasteiger partial charge on any atom is -0.370 e. The highest BCUT2D eigenvalue weighted by Gasteiger charge is 2.18. The monoisotopic (exact) mass is 352 g/mol. The quantitative estimate of drug-likeness (QED) is 0.755. The average molecular weight is 352 g/mol. The van der Waals surface area contributed by atoms with Crippen molar-refractivity contribution in [2.24, 2.45) is 0 Å². The molecule has 0 bridgehead atoms. The van der Waals surface area contributed by atoms with Crippen LogP contribution in [0.4, 0.5) is 5.82 Å². The maximum atomic E-state index is 12.8. The number of benzene rings is 1. The molecule has 1 fully saturated rings. The van der Waals surface area contributed by atoms with Gasteiger partial charge in [-0.15, -0.1) is 0 Å². The van der Waals surface area contributed by atoms with E-state index in [-0.39, 0.29) is 11.9 Å². The molecule has 1 aromatic heterocycles. The van der Waals surface area contributed by atoms with E-state index >= 15 is 0 Å². The number of carbonyl (C=O) groups excluding carboxylic acids is 1. The van der Waals surface area contributed by atoms with Gasteiger partial charge in [-0.2, -0.15) is 0 Å². The van der Waals surface area contributed by atoms with Crippen molar-refractivity contribution in [1.82, 2.24) is 15.3 Å². The molecule has 5 nitrogen and oxygen atoms in total. The molecule has 2 N–H and O–H groups in total. The zero-order valence-corrected chi connectivity index (χ0v) is 15.5. The van der Waals surface area contributed by atoms with E-state index in [1.807, 2.05) is 30.3 Å². The first kappa shape index (κ1) is 18.4. The highest BCUT2D eigenvalue weighted by molar-refractivity contribution is 5.93. The van der Waals surface area contributed by atoms with Crippen molar-refractivity contribution in [2.75, 3.05) is 11.9 Å². The van der Waals surface area contributed by atoms with E-state index in [9.17, 15) is 4.79 Å². The third-order valence-corrected chi connectivity index (χ3v) is 4.74. The fourth-order valence-electron chi connectivity index (χ4n) is 3.31. The Kier molecular flexibility index (Phi) is 6.58. The number of hydrogen-bond donors (Lipinski definition) is 2. The van der Waals surface area contributed by atoms with Crippen molar-refractivity contribution >= 4 is 11.7 Å². The Balaban J connectivity index is 1.83. The number of anilines is 1. The van der Waals surface area contributed by atoms with E-state index < -0.39 is 0 Å². The zero-order valence-electron chi connectivity index (χ0n) is 15.5. The minimum absolute atomic E-state index is 0.101. The van der Waals surface area contributed by atoms with Gasteiger partial charge in [0.1, 0.15) is 11.5 Å². The normalized spacial score (nSPS) is 15.3. The lowest BCUT2D eigenvalue weighted by molar-refractivity contribution is 0.0928. The van der Waals surface area contributed by atoms with E-state index in [1.165, 1.54) is 25.7 Å². The summed E-state index contributed by atoms with van der Waals surface area (Å²) in [6.45, 7) is 2.92. The van der Waals surface area contributed by atoms with Crippen LogP contribution in [-0.2, 0) is 0 Å². The fraction of sp³-hybridized carbons (Fsp3) is 0.476. The highest BCUT2D eigenvalue weighted by atomic mass is 16.1. The van der Waals surface area contributed by atoms with Gasteiger partial charge in [-0.05, 0) is 19.3 Å². The molecular weight excluding hydrogens is 324 g/mol. The van der Waals surface area contributed by atoms with Gasteiger partial charge in [-0.25, -0.2) is 9.97 Å². The SMILES string of the molecule is CCCNc1cc(C(=O)NC2CCCCCC2)nc(-c2ccccc2)n1. The zero-order chi connectivity index (χ0) is 18.2. The van der Waals surface area contributed by atoms with Crippen molar-refractivity contribution in [2.45, 2.75) is 57.9 Å². The predicted octanol–water partition coefficient (Wildman–Crippen LogP) is 4.42.